The minimum absolute atomic E-state index is 0.0175. The normalized spacial score (nSPS) is 16.1. The van der Waals surface area contributed by atoms with Crippen molar-refractivity contribution in [3.8, 4) is 0 Å². The average Bonchev–Trinajstić information content (AvgIpc) is 2.05. The highest BCUT2D eigenvalue weighted by atomic mass is 16.4. The Balaban J connectivity index is 4.14. The van der Waals surface area contributed by atoms with E-state index in [4.69, 9.17) is 10.8 Å². The maximum Gasteiger partial charge on any atom is 0.323 e. The summed E-state index contributed by atoms with van der Waals surface area (Å²) >= 11 is 0. The number of carboxylic acid groups (broad SMARTS) is 1. The van der Waals surface area contributed by atoms with Gasteiger partial charge in [0.05, 0.1) is 6.10 Å². The lowest BCUT2D eigenvalue weighted by molar-refractivity contribution is -0.142. The quantitative estimate of drug-likeness (QED) is 0.557. The number of hydrogen-bond donors (Lipinski definition) is 3. The van der Waals surface area contributed by atoms with Crippen LogP contribution in [0.2, 0.25) is 0 Å². The minimum atomic E-state index is -1.16. The molecule has 72 valence electrons. The molecule has 0 radical (unpaired) electrons. The first-order valence-electron chi connectivity index (χ1n) is 4.21. The number of carboxylic acids is 1. The Hall–Kier alpha value is -0.610. The Morgan fingerprint density at radius 3 is 2.08 bits per heavy atom. The lowest BCUT2D eigenvalue weighted by Gasteiger charge is -2.22. The number of hydrogen-bond acceptors (Lipinski definition) is 3. The van der Waals surface area contributed by atoms with Gasteiger partial charge in [-0.1, -0.05) is 26.7 Å². The van der Waals surface area contributed by atoms with Crippen LogP contribution in [0.4, 0.5) is 0 Å². The topological polar surface area (TPSA) is 83.5 Å². The van der Waals surface area contributed by atoms with Crippen LogP contribution in [0.1, 0.15) is 26.7 Å². The average molecular weight is 175 g/mol. The monoisotopic (exact) mass is 175 g/mol. The van der Waals surface area contributed by atoms with E-state index < -0.39 is 18.1 Å². The zero-order valence-corrected chi connectivity index (χ0v) is 7.53. The summed E-state index contributed by atoms with van der Waals surface area (Å²) in [5.41, 5.74) is 5.26. The first-order chi connectivity index (χ1) is 5.54. The van der Waals surface area contributed by atoms with Crippen LogP contribution in [0.3, 0.4) is 0 Å². The highest BCUT2D eigenvalue weighted by molar-refractivity contribution is 5.73. The second-order valence-electron chi connectivity index (χ2n) is 2.93. The van der Waals surface area contributed by atoms with E-state index in [-0.39, 0.29) is 5.92 Å². The van der Waals surface area contributed by atoms with Crippen molar-refractivity contribution >= 4 is 5.97 Å². The fourth-order valence-electron chi connectivity index (χ4n) is 1.21. The molecule has 0 bridgehead atoms. The predicted octanol–water partition coefficient (Wildman–Crippen LogP) is 0.195. The summed E-state index contributed by atoms with van der Waals surface area (Å²) in [5.74, 6) is -1.16. The van der Waals surface area contributed by atoms with E-state index in [1.54, 1.807) is 0 Å². The highest BCUT2D eigenvalue weighted by Gasteiger charge is 2.27. The molecule has 0 fully saturated rings. The number of rotatable bonds is 5. The molecule has 0 saturated carbocycles. The Bertz CT molecular complexity index is 145. The third-order valence-electron chi connectivity index (χ3n) is 2.18. The Morgan fingerprint density at radius 2 is 1.83 bits per heavy atom. The van der Waals surface area contributed by atoms with Crippen molar-refractivity contribution in [2.75, 3.05) is 0 Å². The van der Waals surface area contributed by atoms with Crippen LogP contribution in [0.25, 0.3) is 0 Å². The Morgan fingerprint density at radius 1 is 1.42 bits per heavy atom. The van der Waals surface area contributed by atoms with Crippen LogP contribution in [0.15, 0.2) is 0 Å². The summed E-state index contributed by atoms with van der Waals surface area (Å²) in [6.07, 6.45) is 0.564. The first kappa shape index (κ1) is 11.4. The summed E-state index contributed by atoms with van der Waals surface area (Å²) in [4.78, 5) is 10.4. The first-order valence-corrected chi connectivity index (χ1v) is 4.21. The molecule has 2 unspecified atom stereocenters. The van der Waals surface area contributed by atoms with Gasteiger partial charge in [0.15, 0.2) is 0 Å². The molecule has 4 heteroatoms. The van der Waals surface area contributed by atoms with Crippen molar-refractivity contribution in [1.82, 2.24) is 0 Å². The van der Waals surface area contributed by atoms with E-state index in [1.807, 2.05) is 13.8 Å². The molecule has 12 heavy (non-hydrogen) atoms. The fraction of sp³-hybridized carbons (Fsp3) is 0.875. The number of nitrogens with two attached hydrogens (primary N) is 1. The zero-order valence-electron chi connectivity index (χ0n) is 7.53. The molecule has 0 aromatic heterocycles. The molecule has 2 atom stereocenters. The molecule has 0 saturated heterocycles. The van der Waals surface area contributed by atoms with Gasteiger partial charge in [0.25, 0.3) is 0 Å². The summed E-state index contributed by atoms with van der Waals surface area (Å²) in [6, 6.07) is -1.16. The van der Waals surface area contributed by atoms with Gasteiger partial charge in [-0.3, -0.25) is 4.79 Å². The van der Waals surface area contributed by atoms with Gasteiger partial charge in [-0.25, -0.2) is 0 Å². The van der Waals surface area contributed by atoms with Gasteiger partial charge in [-0.15, -0.1) is 0 Å². The SMILES string of the molecule is CCC(CC)C(O)C(N)C(=O)O. The summed E-state index contributed by atoms with van der Waals surface area (Å²) < 4.78 is 0. The van der Waals surface area contributed by atoms with Gasteiger partial charge in [-0.2, -0.15) is 0 Å². The van der Waals surface area contributed by atoms with Crippen molar-refractivity contribution in [2.24, 2.45) is 11.7 Å². The van der Waals surface area contributed by atoms with Crippen LogP contribution in [0, 0.1) is 5.92 Å². The third kappa shape index (κ3) is 2.79. The lowest BCUT2D eigenvalue weighted by atomic mass is 9.92. The lowest BCUT2D eigenvalue weighted by Crippen LogP contribution is -2.45. The molecule has 4 nitrogen and oxygen atoms in total. The van der Waals surface area contributed by atoms with Crippen molar-refractivity contribution < 1.29 is 15.0 Å². The second-order valence-corrected chi connectivity index (χ2v) is 2.93. The number of aliphatic hydroxyl groups excluding tert-OH is 1. The maximum absolute atomic E-state index is 10.4. The summed E-state index contributed by atoms with van der Waals surface area (Å²) in [6.45, 7) is 3.82. The Kier molecular flexibility index (Phi) is 4.85. The van der Waals surface area contributed by atoms with E-state index >= 15 is 0 Å². The van der Waals surface area contributed by atoms with Crippen molar-refractivity contribution in [3.05, 3.63) is 0 Å². The highest BCUT2D eigenvalue weighted by Crippen LogP contribution is 2.14. The van der Waals surface area contributed by atoms with Crippen LogP contribution in [-0.4, -0.2) is 28.3 Å². The standard InChI is InChI=1S/C8H17NO3/c1-3-5(4-2)7(10)6(9)8(11)12/h5-7,10H,3-4,9H2,1-2H3,(H,11,12). The minimum Gasteiger partial charge on any atom is -0.480 e. The zero-order chi connectivity index (χ0) is 9.72. The Labute approximate surface area is 72.4 Å². The second kappa shape index (κ2) is 5.11. The van der Waals surface area contributed by atoms with E-state index in [9.17, 15) is 9.90 Å². The van der Waals surface area contributed by atoms with Gasteiger partial charge in [-0.05, 0) is 5.92 Å². The molecule has 0 spiro atoms. The van der Waals surface area contributed by atoms with Gasteiger partial charge in [0, 0.05) is 0 Å². The predicted molar refractivity (Wildman–Crippen MR) is 45.7 cm³/mol. The third-order valence-corrected chi connectivity index (χ3v) is 2.18. The number of aliphatic carboxylic acids is 1. The molecule has 0 aliphatic rings. The van der Waals surface area contributed by atoms with E-state index in [1.165, 1.54) is 0 Å². The molecule has 0 rings (SSSR count). The molecule has 0 aliphatic carbocycles. The van der Waals surface area contributed by atoms with Crippen molar-refractivity contribution in [2.45, 2.75) is 38.8 Å². The van der Waals surface area contributed by atoms with Gasteiger partial charge in [0.2, 0.25) is 0 Å². The molecule has 0 aromatic carbocycles. The van der Waals surface area contributed by atoms with E-state index in [2.05, 4.69) is 0 Å². The van der Waals surface area contributed by atoms with Gasteiger partial charge >= 0.3 is 5.97 Å². The van der Waals surface area contributed by atoms with Crippen LogP contribution in [-0.2, 0) is 4.79 Å². The smallest absolute Gasteiger partial charge is 0.323 e. The number of carbonyl (C=O) groups is 1. The molecule has 0 heterocycles. The van der Waals surface area contributed by atoms with Crippen LogP contribution in [0.5, 0.6) is 0 Å². The largest absolute Gasteiger partial charge is 0.480 e. The molecule has 0 aromatic rings. The van der Waals surface area contributed by atoms with E-state index in [0.717, 1.165) is 12.8 Å². The number of aliphatic hydroxyl groups is 1. The molecule has 0 aliphatic heterocycles. The molecule has 4 N–H and O–H groups in total. The van der Waals surface area contributed by atoms with Crippen molar-refractivity contribution in [1.29, 1.82) is 0 Å². The summed E-state index contributed by atoms with van der Waals surface area (Å²) in [7, 11) is 0. The van der Waals surface area contributed by atoms with Crippen LogP contribution >= 0.6 is 0 Å². The van der Waals surface area contributed by atoms with Gasteiger partial charge < -0.3 is 15.9 Å². The summed E-state index contributed by atoms with van der Waals surface area (Å²) in [5, 5.41) is 17.9. The molecule has 0 amide bonds. The van der Waals surface area contributed by atoms with Crippen LogP contribution < -0.4 is 5.73 Å². The fourth-order valence-corrected chi connectivity index (χ4v) is 1.21. The van der Waals surface area contributed by atoms with Crippen molar-refractivity contribution in [3.63, 3.8) is 0 Å². The molecular weight excluding hydrogens is 158 g/mol. The van der Waals surface area contributed by atoms with Gasteiger partial charge in [0.1, 0.15) is 6.04 Å². The van der Waals surface area contributed by atoms with E-state index in [0.29, 0.717) is 0 Å². The maximum atomic E-state index is 10.4. The molecular formula is C8H17NO3.